The van der Waals surface area contributed by atoms with Gasteiger partial charge in [-0.15, -0.1) is 0 Å². The van der Waals surface area contributed by atoms with Gasteiger partial charge in [0.1, 0.15) is 22.3 Å². The van der Waals surface area contributed by atoms with Crippen LogP contribution in [0.15, 0.2) is 385 Å². The van der Waals surface area contributed by atoms with Crippen LogP contribution in [0.25, 0.3) is 190 Å². The van der Waals surface area contributed by atoms with Crippen LogP contribution in [0.3, 0.4) is 0 Å². The molecule has 0 radical (unpaired) electrons. The highest BCUT2D eigenvalue weighted by Gasteiger charge is 2.53. The zero-order valence-corrected chi connectivity index (χ0v) is 71.8. The number of nitrogens with zero attached hydrogens (tertiary/aromatic N) is 6. The topological polar surface area (TPSA) is 122 Å². The van der Waals surface area contributed by atoms with Gasteiger partial charge >= 0.3 is 7.12 Å². The first-order chi connectivity index (χ1) is 61.3. The van der Waals surface area contributed by atoms with Crippen molar-refractivity contribution in [1.82, 2.24) is 29.9 Å². The molecule has 5 heterocycles. The number of para-hydroxylation sites is 4. The van der Waals surface area contributed by atoms with Crippen LogP contribution in [0.5, 0.6) is 0 Å². The number of fused-ring (bicyclic) bond motifs is 12. The summed E-state index contributed by atoms with van der Waals surface area (Å²) in [6, 6.07) is 130. The minimum Gasteiger partial charge on any atom is -0.456 e. The van der Waals surface area contributed by atoms with Gasteiger partial charge in [0.25, 0.3) is 0 Å². The first-order valence-electron chi connectivity index (χ1n) is 42.9. The molecule has 1 saturated heterocycles. The number of furan rings is 2. The van der Waals surface area contributed by atoms with E-state index in [1.165, 1.54) is 66.8 Å². The third kappa shape index (κ3) is 14.2. The maximum Gasteiger partial charge on any atom is 0.498 e. The van der Waals surface area contributed by atoms with E-state index in [0.717, 1.165) is 116 Å². The van der Waals surface area contributed by atoms with Crippen LogP contribution in [0.4, 0.5) is 0 Å². The molecule has 2 aliphatic carbocycles. The molecule has 23 rings (SSSR count). The van der Waals surface area contributed by atoms with Crippen molar-refractivity contribution in [3.8, 4) is 146 Å². The predicted molar refractivity (Wildman–Crippen MR) is 516 cm³/mol. The Labute approximate surface area is 738 Å². The van der Waals surface area contributed by atoms with Gasteiger partial charge in [-0.05, 0) is 141 Å². The van der Waals surface area contributed by atoms with Crippen LogP contribution < -0.4 is 5.46 Å². The second kappa shape index (κ2) is 31.6. The number of halogens is 1. The first kappa shape index (κ1) is 78.7. The molecule has 0 N–H and O–H groups in total. The maximum absolute atomic E-state index is 6.87. The smallest absolute Gasteiger partial charge is 0.456 e. The molecule has 16 aromatic carbocycles. The molecule has 4 aromatic heterocycles. The molecular weight excluding hydrogens is 1560 g/mol. The van der Waals surface area contributed by atoms with Gasteiger partial charge in [0.2, 0.25) is 0 Å². The van der Waals surface area contributed by atoms with Gasteiger partial charge in [-0.1, -0.05) is 385 Å². The number of benzene rings is 16. The van der Waals surface area contributed by atoms with Gasteiger partial charge in [-0.2, -0.15) is 0 Å². The molecular formula is C114H86BClN6O4. The molecule has 606 valence electrons. The zero-order valence-electron chi connectivity index (χ0n) is 71.1. The summed E-state index contributed by atoms with van der Waals surface area (Å²) in [5, 5.41) is 4.99. The molecule has 0 unspecified atom stereocenters. The number of aromatic nitrogens is 6. The van der Waals surface area contributed by atoms with E-state index in [4.69, 9.17) is 59.6 Å². The van der Waals surface area contributed by atoms with Crippen molar-refractivity contribution in [1.29, 1.82) is 0 Å². The first-order valence-corrected chi connectivity index (χ1v) is 43.3. The van der Waals surface area contributed by atoms with Crippen LogP contribution in [0.2, 0.25) is 5.02 Å². The lowest BCUT2D eigenvalue weighted by Crippen LogP contribution is -2.41. The van der Waals surface area contributed by atoms with Crippen LogP contribution in [-0.2, 0) is 20.1 Å². The Bertz CT molecular complexity index is 7580. The van der Waals surface area contributed by atoms with E-state index in [0.29, 0.717) is 40.0 Å². The van der Waals surface area contributed by atoms with Gasteiger partial charge in [-0.25, -0.2) is 29.9 Å². The molecule has 3 aliphatic rings. The van der Waals surface area contributed by atoms with Crippen molar-refractivity contribution < 1.29 is 18.1 Å². The highest BCUT2D eigenvalue weighted by molar-refractivity contribution is 6.65. The molecule has 0 saturated carbocycles. The normalized spacial score (nSPS) is 14.1. The van der Waals surface area contributed by atoms with E-state index in [9.17, 15) is 0 Å². The lowest BCUT2D eigenvalue weighted by Gasteiger charge is -2.32. The van der Waals surface area contributed by atoms with E-state index in [2.05, 4.69) is 341 Å². The summed E-state index contributed by atoms with van der Waals surface area (Å²) in [5.41, 5.74) is 30.5. The number of hydrogen-bond donors (Lipinski definition) is 0. The van der Waals surface area contributed by atoms with Crippen LogP contribution in [0.1, 0.15) is 77.6 Å². The molecule has 0 amide bonds. The summed E-state index contributed by atoms with van der Waals surface area (Å²) in [6.45, 7) is 17.4. The Morgan fingerprint density at radius 1 is 0.214 bits per heavy atom. The Morgan fingerprint density at radius 3 is 0.913 bits per heavy atom. The summed E-state index contributed by atoms with van der Waals surface area (Å²) in [7, 11) is -0.470. The number of rotatable bonds is 12. The molecule has 126 heavy (non-hydrogen) atoms. The van der Waals surface area contributed by atoms with Crippen LogP contribution in [0, 0.1) is 0 Å². The van der Waals surface area contributed by atoms with E-state index >= 15 is 0 Å². The third-order valence-corrected chi connectivity index (χ3v) is 26.0. The maximum atomic E-state index is 6.87. The summed E-state index contributed by atoms with van der Waals surface area (Å²) in [6.07, 6.45) is 0. The van der Waals surface area contributed by atoms with Gasteiger partial charge in [-0.3, -0.25) is 0 Å². The lowest BCUT2D eigenvalue weighted by molar-refractivity contribution is 0.00578. The van der Waals surface area contributed by atoms with Crippen LogP contribution >= 0.6 is 11.6 Å². The molecule has 1 fully saturated rings. The van der Waals surface area contributed by atoms with Gasteiger partial charge in [0.05, 0.1) is 11.2 Å². The van der Waals surface area contributed by atoms with E-state index in [-0.39, 0.29) is 10.8 Å². The fraction of sp³-hybridized carbons (Fsp3) is 0.105. The SMILES string of the molecule is CC1(C)OB(c2cccc3c2oc2c(-c4ccc(-c5ccccc5)cc4)cccc23)OC1(C)C.CC1(C)c2ccccc2-c2ccc(-c3nc(-c4ccccc4)nc(-c4cccc(-c5cccc6c5oc5c(-c7ccc(-c8ccccc8)cc7)cccc56)c4)n3)cc21.CC1(C)c2ccccc2-c2ccc(-c3nc(-c4ccccc4)nc(-c4cccc(Cl)c4)n3)cc21. The van der Waals surface area contributed by atoms with Crippen molar-refractivity contribution in [2.24, 2.45) is 0 Å². The Kier molecular flexibility index (Phi) is 19.7. The Hall–Kier alpha value is -14.6. The van der Waals surface area contributed by atoms with Crippen molar-refractivity contribution in [2.45, 2.75) is 77.4 Å². The summed E-state index contributed by atoms with van der Waals surface area (Å²) in [4.78, 5) is 29.9. The quantitative estimate of drug-likeness (QED) is 0.109. The van der Waals surface area contributed by atoms with Gasteiger partial charge in [0, 0.05) is 92.9 Å². The molecule has 1 aliphatic heterocycles. The predicted octanol–water partition coefficient (Wildman–Crippen LogP) is 29.1. The van der Waals surface area contributed by atoms with Gasteiger partial charge in [0.15, 0.2) is 34.9 Å². The molecule has 0 spiro atoms. The third-order valence-electron chi connectivity index (χ3n) is 25.7. The Balaban J connectivity index is 0.000000123. The summed E-state index contributed by atoms with van der Waals surface area (Å²) < 4.78 is 26.1. The molecule has 10 nitrogen and oxygen atoms in total. The average Bonchev–Trinajstić information content (AvgIpc) is 1.57. The van der Waals surface area contributed by atoms with Crippen molar-refractivity contribution in [3.05, 3.63) is 403 Å². The second-order valence-electron chi connectivity index (χ2n) is 34.7. The molecule has 20 aromatic rings. The standard InChI is InChI=1S/C54H37N3O.C30H27BO3.C30H22ClN3/c1-54(2)47-25-10-9-20-43(47)44-31-30-40(33-48(44)54)53-56-51(37-16-7-4-8-17-37)55-52(57-53)39-19-11-18-38(32-39)42-22-13-24-46-45-23-12-21-41(49(45)58-50(42)46)36-28-26-35(27-29-36)34-14-5-3-6-15-34;1-29(2)30(3,4)34-31(33-29)26-15-9-14-25-24-13-8-12-23(27(24)32-28(25)26)22-18-16-21(17-19-22)20-10-6-5-7-11-20;1-30(2)25-14-7-6-13-23(25)24-16-15-21(18-26(24)30)29-33-27(19-9-4-3-5-10-19)32-28(34-29)20-11-8-12-22(31)17-20/h3-33H,1-2H3;5-19H,1-4H3;3-18H,1-2H3. The minimum absolute atomic E-state index is 0.0903. The van der Waals surface area contributed by atoms with E-state index < -0.39 is 18.3 Å². The minimum atomic E-state index is -0.470. The van der Waals surface area contributed by atoms with Crippen LogP contribution in [-0.4, -0.2) is 48.2 Å². The van der Waals surface area contributed by atoms with E-state index in [1.54, 1.807) is 0 Å². The Morgan fingerprint density at radius 2 is 0.492 bits per heavy atom. The van der Waals surface area contributed by atoms with Crippen molar-refractivity contribution in [3.63, 3.8) is 0 Å². The molecule has 0 atom stereocenters. The molecule has 12 heteroatoms. The second-order valence-corrected chi connectivity index (χ2v) is 35.2. The fourth-order valence-electron chi connectivity index (χ4n) is 18.3. The summed E-state index contributed by atoms with van der Waals surface area (Å²) in [5.74, 6) is 3.80. The average molecular weight is 1650 g/mol. The highest BCUT2D eigenvalue weighted by atomic mass is 35.5. The lowest BCUT2D eigenvalue weighted by atomic mass is 9.78. The van der Waals surface area contributed by atoms with Crippen molar-refractivity contribution >= 4 is 68.1 Å². The molecule has 0 bridgehead atoms. The monoisotopic (exact) mass is 1650 g/mol. The summed E-state index contributed by atoms with van der Waals surface area (Å²) >= 11 is 6.28. The number of hydrogen-bond acceptors (Lipinski definition) is 10. The van der Waals surface area contributed by atoms with E-state index in [1.807, 2.05) is 91.0 Å². The zero-order chi connectivity index (χ0) is 85.6. The van der Waals surface area contributed by atoms with Crippen molar-refractivity contribution in [2.75, 3.05) is 0 Å². The highest BCUT2D eigenvalue weighted by Crippen LogP contribution is 2.52. The largest absolute Gasteiger partial charge is 0.498 e. The fourth-order valence-corrected chi connectivity index (χ4v) is 18.5. The van der Waals surface area contributed by atoms with Gasteiger partial charge < -0.3 is 18.1 Å².